The summed E-state index contributed by atoms with van der Waals surface area (Å²) in [5, 5.41) is 0. The van der Waals surface area contributed by atoms with Gasteiger partial charge in [-0.25, -0.2) is 0 Å². The quantitative estimate of drug-likeness (QED) is 0.355. The Morgan fingerprint density at radius 2 is 1.61 bits per heavy atom. The Morgan fingerprint density at radius 3 is 2.23 bits per heavy atom. The number of aryl methyl sites for hydroxylation is 1. The molecule has 1 aliphatic heterocycles. The van der Waals surface area contributed by atoms with E-state index in [0.717, 1.165) is 36.3 Å². The lowest BCUT2D eigenvalue weighted by Crippen LogP contribution is -2.55. The summed E-state index contributed by atoms with van der Waals surface area (Å²) < 4.78 is 5.30. The highest BCUT2D eigenvalue weighted by molar-refractivity contribution is 6.03. The number of rotatable bonds is 8. The number of nitrogens with zero attached hydrogens (tertiary/aromatic N) is 1. The van der Waals surface area contributed by atoms with Gasteiger partial charge in [-0.2, -0.15) is 0 Å². The van der Waals surface area contributed by atoms with Crippen LogP contribution >= 0.6 is 0 Å². The maximum absolute atomic E-state index is 13.2. The first kappa shape index (κ1) is 20.9. The second kappa shape index (κ2) is 9.17. The molecule has 0 saturated carbocycles. The molecule has 31 heavy (non-hydrogen) atoms. The summed E-state index contributed by atoms with van der Waals surface area (Å²) in [6.07, 6.45) is 2.77. The summed E-state index contributed by atoms with van der Waals surface area (Å²) in [6.45, 7) is 1.55. The van der Waals surface area contributed by atoms with Crippen LogP contribution < -0.4 is 9.64 Å². The molecule has 0 unspecified atom stereocenters. The molecule has 4 nitrogen and oxygen atoms in total. The normalized spacial score (nSPS) is 17.9. The molecule has 0 N–H and O–H groups in total. The van der Waals surface area contributed by atoms with E-state index in [1.54, 1.807) is 26.2 Å². The molecule has 0 radical (unpaired) electrons. The van der Waals surface area contributed by atoms with E-state index in [2.05, 4.69) is 24.3 Å². The number of ether oxygens (including phenoxy) is 1. The Kier molecular flexibility index (Phi) is 6.17. The molecule has 0 aromatic heterocycles. The van der Waals surface area contributed by atoms with Gasteiger partial charge >= 0.3 is 0 Å². The molecule has 1 fully saturated rings. The van der Waals surface area contributed by atoms with E-state index in [-0.39, 0.29) is 23.7 Å². The Labute approximate surface area is 183 Å². The van der Waals surface area contributed by atoms with Crippen LogP contribution in [0, 0.1) is 5.92 Å². The minimum atomic E-state index is -0.0513. The van der Waals surface area contributed by atoms with Gasteiger partial charge < -0.3 is 9.64 Å². The number of Topliss-reactive ketones (excluding diaryl/α,β-unsaturated/α-hetero) is 1. The molecule has 0 aliphatic carbocycles. The maximum atomic E-state index is 13.2. The lowest BCUT2D eigenvalue weighted by molar-refractivity contribution is -0.130. The molecular weight excluding hydrogens is 386 g/mol. The number of carbonyl (C=O) groups is 2. The molecule has 1 amide bonds. The average molecular weight is 414 g/mol. The van der Waals surface area contributed by atoms with Gasteiger partial charge in [0.05, 0.1) is 19.1 Å². The Bertz CT molecular complexity index is 1040. The van der Waals surface area contributed by atoms with Gasteiger partial charge in [0.2, 0.25) is 5.91 Å². The molecule has 3 aromatic carbocycles. The summed E-state index contributed by atoms with van der Waals surface area (Å²) in [7, 11) is 1.65. The Morgan fingerprint density at radius 1 is 0.935 bits per heavy atom. The summed E-state index contributed by atoms with van der Waals surface area (Å²) >= 11 is 0. The summed E-state index contributed by atoms with van der Waals surface area (Å²) in [5.74, 6) is 0.911. The zero-order valence-electron chi connectivity index (χ0n) is 18.0. The lowest BCUT2D eigenvalue weighted by Gasteiger charge is -2.47. The Balaban J connectivity index is 1.55. The monoisotopic (exact) mass is 413 g/mol. The highest BCUT2D eigenvalue weighted by Gasteiger charge is 2.48. The van der Waals surface area contributed by atoms with E-state index in [1.807, 2.05) is 47.4 Å². The van der Waals surface area contributed by atoms with Gasteiger partial charge in [-0.05, 0) is 73.7 Å². The predicted octanol–water partition coefficient (Wildman–Crippen LogP) is 5.62. The molecule has 0 bridgehead atoms. The van der Waals surface area contributed by atoms with Gasteiger partial charge in [0.1, 0.15) is 5.75 Å². The van der Waals surface area contributed by atoms with Crippen LogP contribution in [0.2, 0.25) is 0 Å². The fourth-order valence-corrected chi connectivity index (χ4v) is 4.33. The number of hydrogen-bond acceptors (Lipinski definition) is 3. The van der Waals surface area contributed by atoms with Crippen molar-refractivity contribution in [1.29, 1.82) is 0 Å². The topological polar surface area (TPSA) is 46.6 Å². The number of methoxy groups -OCH3 is 1. The minimum absolute atomic E-state index is 0.0163. The van der Waals surface area contributed by atoms with E-state index in [9.17, 15) is 9.59 Å². The number of ketones is 1. The number of hydrogen-bond donors (Lipinski definition) is 0. The first-order valence-electron chi connectivity index (χ1n) is 10.7. The lowest BCUT2D eigenvalue weighted by atomic mass is 9.78. The average Bonchev–Trinajstić information content (AvgIpc) is 2.81. The van der Waals surface area contributed by atoms with Crippen LogP contribution in [0.1, 0.15) is 47.3 Å². The van der Waals surface area contributed by atoms with Gasteiger partial charge in [0.15, 0.2) is 5.78 Å². The van der Waals surface area contributed by atoms with E-state index < -0.39 is 0 Å². The van der Waals surface area contributed by atoms with Gasteiger partial charge in [0.25, 0.3) is 0 Å². The molecule has 2 atom stereocenters. The molecule has 1 saturated heterocycles. The minimum Gasteiger partial charge on any atom is -0.497 e. The number of carbonyl (C=O) groups excluding carboxylic acids is 2. The first-order chi connectivity index (χ1) is 15.1. The van der Waals surface area contributed by atoms with Crippen LogP contribution in [-0.2, 0) is 11.2 Å². The fourth-order valence-electron chi connectivity index (χ4n) is 4.33. The van der Waals surface area contributed by atoms with Crippen molar-refractivity contribution in [1.82, 2.24) is 0 Å². The summed E-state index contributed by atoms with van der Waals surface area (Å²) in [5.41, 5.74) is 3.87. The van der Waals surface area contributed by atoms with Crippen molar-refractivity contribution in [2.75, 3.05) is 12.0 Å². The van der Waals surface area contributed by atoms with E-state index >= 15 is 0 Å². The van der Waals surface area contributed by atoms with Crippen LogP contribution in [0.4, 0.5) is 5.69 Å². The smallest absolute Gasteiger partial charge is 0.233 e. The highest BCUT2D eigenvalue weighted by Crippen LogP contribution is 2.46. The first-order valence-corrected chi connectivity index (χ1v) is 10.7. The van der Waals surface area contributed by atoms with Gasteiger partial charge in [0, 0.05) is 11.3 Å². The van der Waals surface area contributed by atoms with Crippen molar-refractivity contribution in [3.8, 4) is 5.75 Å². The zero-order valence-corrected chi connectivity index (χ0v) is 18.0. The van der Waals surface area contributed by atoms with Crippen molar-refractivity contribution in [2.24, 2.45) is 5.92 Å². The van der Waals surface area contributed by atoms with Crippen molar-refractivity contribution in [2.45, 2.75) is 32.2 Å². The molecule has 3 aromatic rings. The highest BCUT2D eigenvalue weighted by atomic mass is 16.5. The van der Waals surface area contributed by atoms with Gasteiger partial charge in [-0.3, -0.25) is 9.59 Å². The summed E-state index contributed by atoms with van der Waals surface area (Å²) in [4.78, 5) is 26.6. The van der Waals surface area contributed by atoms with E-state index in [4.69, 9.17) is 4.74 Å². The number of β-lactam (4-membered cyclic amide) rings is 1. The van der Waals surface area contributed by atoms with Crippen LogP contribution in [0.5, 0.6) is 5.75 Å². The van der Waals surface area contributed by atoms with Crippen LogP contribution in [0.15, 0.2) is 78.9 Å². The zero-order chi connectivity index (χ0) is 21.8. The maximum Gasteiger partial charge on any atom is 0.233 e. The van der Waals surface area contributed by atoms with Crippen LogP contribution in [0.3, 0.4) is 0 Å². The second-order valence-corrected chi connectivity index (χ2v) is 8.01. The second-order valence-electron chi connectivity index (χ2n) is 8.01. The molecule has 1 heterocycles. The van der Waals surface area contributed by atoms with Gasteiger partial charge in [-0.15, -0.1) is 0 Å². The molecule has 4 heteroatoms. The van der Waals surface area contributed by atoms with Crippen LogP contribution in [-0.4, -0.2) is 18.8 Å². The fraction of sp³-hybridized carbons (Fsp3) is 0.259. The molecule has 1 aliphatic rings. The Hall–Kier alpha value is -3.40. The SMILES string of the molecule is COc1ccc([C@@H]2[C@@H](CCCc3ccccc3)C(=O)N2c2ccc(C(C)=O)cc2)cc1. The van der Waals surface area contributed by atoms with Crippen molar-refractivity contribution in [3.63, 3.8) is 0 Å². The van der Waals surface area contributed by atoms with Crippen molar-refractivity contribution in [3.05, 3.63) is 95.6 Å². The molecule has 4 rings (SSSR count). The number of amides is 1. The third-order valence-corrected chi connectivity index (χ3v) is 6.05. The standard InChI is InChI=1S/C27H27NO3/c1-19(29)21-11-15-23(16-12-21)28-26(22-13-17-24(31-2)18-14-22)25(27(28)30)10-6-9-20-7-4-3-5-8-20/h3-5,7-8,11-18,25-26H,6,9-10H2,1-2H3/t25-,26-/m1/s1. The van der Waals surface area contributed by atoms with Crippen LogP contribution in [0.25, 0.3) is 0 Å². The third kappa shape index (κ3) is 4.38. The van der Waals surface area contributed by atoms with E-state index in [1.165, 1.54) is 5.56 Å². The number of anilines is 1. The molecule has 0 spiro atoms. The van der Waals surface area contributed by atoms with Gasteiger partial charge in [-0.1, -0.05) is 42.5 Å². The number of benzene rings is 3. The third-order valence-electron chi connectivity index (χ3n) is 6.05. The van der Waals surface area contributed by atoms with E-state index in [0.29, 0.717) is 5.56 Å². The predicted molar refractivity (Wildman–Crippen MR) is 123 cm³/mol. The van der Waals surface area contributed by atoms with Crippen molar-refractivity contribution >= 4 is 17.4 Å². The molecular formula is C27H27NO3. The van der Waals surface area contributed by atoms with Crippen molar-refractivity contribution < 1.29 is 14.3 Å². The largest absolute Gasteiger partial charge is 0.497 e. The molecule has 158 valence electrons. The summed E-state index contributed by atoms with van der Waals surface area (Å²) in [6, 6.07) is 25.6.